The lowest BCUT2D eigenvalue weighted by Crippen LogP contribution is -2.46. The lowest BCUT2D eigenvalue weighted by atomic mass is 9.85. The highest BCUT2D eigenvalue weighted by Crippen LogP contribution is 2.63. The van der Waals surface area contributed by atoms with Crippen LogP contribution < -0.4 is 0 Å². The lowest BCUT2D eigenvalue weighted by Gasteiger charge is -2.50. The summed E-state index contributed by atoms with van der Waals surface area (Å²) in [6.45, 7) is 14.9. The Morgan fingerprint density at radius 2 is 1.55 bits per heavy atom. The van der Waals surface area contributed by atoms with Gasteiger partial charge >= 0.3 is 0 Å². The van der Waals surface area contributed by atoms with Crippen LogP contribution in [0.25, 0.3) is 5.57 Å². The van der Waals surface area contributed by atoms with Crippen LogP contribution in [0.2, 0.25) is 44.8 Å². The average Bonchev–Trinajstić information content (AvgIpc) is 2.95. The SMILES string of the molecule is C[Si](C)(C)C1=C(c2nccs2)[C@H]([Si](C)(C)C)[C@H]1c1nccs1. The van der Waals surface area contributed by atoms with Crippen molar-refractivity contribution < 1.29 is 0 Å². The summed E-state index contributed by atoms with van der Waals surface area (Å²) in [4.78, 5) is 9.36. The lowest BCUT2D eigenvalue weighted by molar-refractivity contribution is 0.749. The van der Waals surface area contributed by atoms with Gasteiger partial charge in [0.05, 0.1) is 21.2 Å². The van der Waals surface area contributed by atoms with Crippen molar-refractivity contribution in [2.75, 3.05) is 0 Å². The number of aromatic nitrogens is 2. The molecule has 0 N–H and O–H groups in total. The van der Waals surface area contributed by atoms with Gasteiger partial charge < -0.3 is 0 Å². The largest absolute Gasteiger partial charge is 0.249 e. The number of nitrogens with zero attached hydrogens (tertiary/aromatic N) is 2. The second kappa shape index (κ2) is 5.51. The quantitative estimate of drug-likeness (QED) is 0.647. The third kappa shape index (κ3) is 2.70. The molecule has 0 radical (unpaired) electrons. The first kappa shape index (κ1) is 16.3. The number of allylic oxidation sites excluding steroid dienone is 2. The van der Waals surface area contributed by atoms with Crippen molar-refractivity contribution >= 4 is 44.4 Å². The van der Waals surface area contributed by atoms with Crippen LogP contribution in [0, 0.1) is 0 Å². The molecule has 0 amide bonds. The molecule has 2 heterocycles. The molecule has 3 rings (SSSR count). The Kier molecular flexibility index (Phi) is 4.08. The van der Waals surface area contributed by atoms with Crippen molar-refractivity contribution in [1.29, 1.82) is 0 Å². The Morgan fingerprint density at radius 1 is 0.909 bits per heavy atom. The molecule has 1 aliphatic rings. The van der Waals surface area contributed by atoms with E-state index in [1.807, 2.05) is 23.7 Å². The zero-order valence-electron chi connectivity index (χ0n) is 14.2. The van der Waals surface area contributed by atoms with Crippen LogP contribution in [0.3, 0.4) is 0 Å². The first-order valence-corrected chi connectivity index (χ1v) is 16.6. The van der Waals surface area contributed by atoms with Gasteiger partial charge in [-0.15, -0.1) is 22.7 Å². The van der Waals surface area contributed by atoms with E-state index < -0.39 is 16.1 Å². The zero-order valence-corrected chi connectivity index (χ0v) is 17.8. The molecule has 0 bridgehead atoms. The highest BCUT2D eigenvalue weighted by Gasteiger charge is 2.53. The van der Waals surface area contributed by atoms with Crippen molar-refractivity contribution in [2.24, 2.45) is 0 Å². The number of hydrogen-bond donors (Lipinski definition) is 0. The maximum atomic E-state index is 4.69. The first-order chi connectivity index (χ1) is 10.2. The maximum absolute atomic E-state index is 4.69. The Morgan fingerprint density at radius 3 is 2.00 bits per heavy atom. The predicted octanol–water partition coefficient (Wildman–Crippen LogP) is 5.74. The van der Waals surface area contributed by atoms with E-state index in [4.69, 9.17) is 4.98 Å². The molecular formula is C16H24N2S2Si2. The van der Waals surface area contributed by atoms with E-state index in [1.165, 1.54) is 10.0 Å². The van der Waals surface area contributed by atoms with Crippen molar-refractivity contribution in [3.63, 3.8) is 0 Å². The minimum absolute atomic E-state index is 0.553. The van der Waals surface area contributed by atoms with E-state index in [0.717, 1.165) is 0 Å². The van der Waals surface area contributed by atoms with Gasteiger partial charge in [0.25, 0.3) is 0 Å². The Balaban J connectivity index is 2.21. The topological polar surface area (TPSA) is 25.8 Å². The highest BCUT2D eigenvalue weighted by molar-refractivity contribution is 7.11. The van der Waals surface area contributed by atoms with Crippen molar-refractivity contribution in [2.45, 2.75) is 50.7 Å². The van der Waals surface area contributed by atoms with Crippen LogP contribution in [-0.2, 0) is 0 Å². The van der Waals surface area contributed by atoms with Gasteiger partial charge in [0, 0.05) is 29.1 Å². The molecule has 118 valence electrons. The smallest absolute Gasteiger partial charge is 0.118 e. The van der Waals surface area contributed by atoms with Gasteiger partial charge in [-0.2, -0.15) is 0 Å². The van der Waals surface area contributed by atoms with E-state index in [-0.39, 0.29) is 0 Å². The summed E-state index contributed by atoms with van der Waals surface area (Å²) in [5.41, 5.74) is 2.25. The zero-order chi connectivity index (χ0) is 16.1. The number of rotatable bonds is 4. The molecule has 0 spiro atoms. The second-order valence-electron chi connectivity index (χ2n) is 8.11. The molecule has 2 nitrogen and oxygen atoms in total. The van der Waals surface area contributed by atoms with Crippen LogP contribution in [0.15, 0.2) is 28.4 Å². The summed E-state index contributed by atoms with van der Waals surface area (Å²) in [6, 6.07) is 0. The minimum Gasteiger partial charge on any atom is -0.249 e. The predicted molar refractivity (Wildman–Crippen MR) is 104 cm³/mol. The number of hydrogen-bond acceptors (Lipinski definition) is 4. The number of thiazole rings is 2. The standard InChI is InChI=1S/C16H24N2S2Si2/c1-21(2,3)13-11(15-17-7-9-19-15)14(22(4,5)6)12(13)16-18-8-10-20-16/h7-11,13H,1-6H3/t11-,13-/m1/s1. The van der Waals surface area contributed by atoms with Gasteiger partial charge in [0.2, 0.25) is 0 Å². The molecule has 22 heavy (non-hydrogen) atoms. The van der Waals surface area contributed by atoms with Crippen LogP contribution in [0.5, 0.6) is 0 Å². The maximum Gasteiger partial charge on any atom is 0.118 e. The van der Waals surface area contributed by atoms with Crippen LogP contribution in [-0.4, -0.2) is 26.1 Å². The minimum atomic E-state index is -1.40. The normalized spacial score (nSPS) is 22.8. The Bertz CT molecular complexity index is 677. The van der Waals surface area contributed by atoms with Gasteiger partial charge in [0.1, 0.15) is 5.01 Å². The fraction of sp³-hybridized carbons (Fsp3) is 0.500. The average molecular weight is 365 g/mol. The van der Waals surface area contributed by atoms with Crippen LogP contribution in [0.1, 0.15) is 15.9 Å². The molecule has 0 aliphatic heterocycles. The van der Waals surface area contributed by atoms with Crippen LogP contribution >= 0.6 is 22.7 Å². The molecule has 2 aromatic rings. The molecule has 2 aromatic heterocycles. The Hall–Kier alpha value is -0.566. The first-order valence-electron chi connectivity index (χ1n) is 7.75. The summed E-state index contributed by atoms with van der Waals surface area (Å²) < 4.78 is 0. The van der Waals surface area contributed by atoms with E-state index in [0.29, 0.717) is 11.5 Å². The van der Waals surface area contributed by atoms with Gasteiger partial charge in [-0.25, -0.2) is 9.97 Å². The third-order valence-corrected chi connectivity index (χ3v) is 10.7. The van der Waals surface area contributed by atoms with Crippen LogP contribution in [0.4, 0.5) is 0 Å². The fourth-order valence-corrected chi connectivity index (χ4v) is 10.7. The molecule has 6 heteroatoms. The van der Waals surface area contributed by atoms with Crippen molar-refractivity contribution in [3.05, 3.63) is 38.4 Å². The van der Waals surface area contributed by atoms with E-state index in [1.54, 1.807) is 22.1 Å². The molecule has 1 aliphatic carbocycles. The molecule has 2 atom stereocenters. The molecule has 0 saturated heterocycles. The summed E-state index contributed by atoms with van der Waals surface area (Å²) in [6.07, 6.45) is 3.91. The summed E-state index contributed by atoms with van der Waals surface area (Å²) in [5.74, 6) is 0.553. The van der Waals surface area contributed by atoms with E-state index in [2.05, 4.69) is 55.0 Å². The molecule has 0 fully saturated rings. The molecular weight excluding hydrogens is 340 g/mol. The third-order valence-electron chi connectivity index (χ3n) is 4.37. The summed E-state index contributed by atoms with van der Waals surface area (Å²) >= 11 is 3.63. The van der Waals surface area contributed by atoms with Gasteiger partial charge in [-0.3, -0.25) is 0 Å². The monoisotopic (exact) mass is 364 g/mol. The second-order valence-corrected chi connectivity index (χ2v) is 20.3. The van der Waals surface area contributed by atoms with Gasteiger partial charge in [-0.05, 0) is 11.1 Å². The molecule has 0 unspecified atom stereocenters. The van der Waals surface area contributed by atoms with Gasteiger partial charge in [0.15, 0.2) is 0 Å². The van der Waals surface area contributed by atoms with Gasteiger partial charge in [-0.1, -0.05) is 44.5 Å². The van der Waals surface area contributed by atoms with E-state index >= 15 is 0 Å². The summed E-state index contributed by atoms with van der Waals surface area (Å²) in [5, 5.41) is 8.52. The molecule has 0 saturated carbocycles. The highest BCUT2D eigenvalue weighted by atomic mass is 32.1. The fourth-order valence-electron chi connectivity index (χ4n) is 3.63. The van der Waals surface area contributed by atoms with E-state index in [9.17, 15) is 0 Å². The van der Waals surface area contributed by atoms with Crippen molar-refractivity contribution in [1.82, 2.24) is 9.97 Å². The molecule has 0 aromatic carbocycles. The van der Waals surface area contributed by atoms with Crippen molar-refractivity contribution in [3.8, 4) is 0 Å². The summed E-state index contributed by atoms with van der Waals surface area (Å²) in [7, 11) is -2.73. The Labute approximate surface area is 143 Å².